The fourth-order valence-corrected chi connectivity index (χ4v) is 3.84. The summed E-state index contributed by atoms with van der Waals surface area (Å²) < 4.78 is 4.54. The van der Waals surface area contributed by atoms with Crippen LogP contribution in [0.3, 0.4) is 0 Å². The third-order valence-corrected chi connectivity index (χ3v) is 5.69. The van der Waals surface area contributed by atoms with Gasteiger partial charge in [-0.2, -0.15) is 0 Å². The van der Waals surface area contributed by atoms with Gasteiger partial charge in [-0.05, 0) is 55.0 Å². The minimum absolute atomic E-state index is 0.0991. The highest BCUT2D eigenvalue weighted by molar-refractivity contribution is 7.99. The van der Waals surface area contributed by atoms with E-state index in [1.54, 1.807) is 31.4 Å². The SMILES string of the molecule is CC1(C)CSc2ccc(C(=O)Nc3ccc(C=O)cc3)cc21.CCOC. The van der Waals surface area contributed by atoms with Gasteiger partial charge < -0.3 is 10.1 Å². The molecule has 1 N–H and O–H groups in total. The number of hydrogen-bond donors (Lipinski definition) is 1. The van der Waals surface area contributed by atoms with E-state index in [1.165, 1.54) is 10.5 Å². The molecule has 2 aromatic rings. The summed E-state index contributed by atoms with van der Waals surface area (Å²) in [5, 5.41) is 2.87. The quantitative estimate of drug-likeness (QED) is 0.785. The van der Waals surface area contributed by atoms with Gasteiger partial charge in [-0.15, -0.1) is 11.8 Å². The first kappa shape index (κ1) is 20.2. The molecular formula is C21H25NO3S. The molecule has 1 amide bonds. The molecule has 0 saturated carbocycles. The van der Waals surface area contributed by atoms with Gasteiger partial charge in [0.15, 0.2) is 0 Å². The summed E-state index contributed by atoms with van der Waals surface area (Å²) in [6.45, 7) is 7.18. The van der Waals surface area contributed by atoms with Crippen LogP contribution in [0, 0.1) is 0 Å². The normalized spacial score (nSPS) is 14.0. The summed E-state index contributed by atoms with van der Waals surface area (Å²) in [6.07, 6.45) is 0.784. The van der Waals surface area contributed by atoms with Crippen LogP contribution in [0.15, 0.2) is 47.4 Å². The minimum atomic E-state index is -0.130. The molecule has 0 aliphatic carbocycles. The van der Waals surface area contributed by atoms with Gasteiger partial charge in [-0.25, -0.2) is 0 Å². The molecule has 0 aromatic heterocycles. The number of thioether (sulfide) groups is 1. The number of anilines is 1. The van der Waals surface area contributed by atoms with Crippen molar-refractivity contribution in [2.24, 2.45) is 0 Å². The Labute approximate surface area is 159 Å². The predicted octanol–water partition coefficient (Wildman–Crippen LogP) is 4.79. The second kappa shape index (κ2) is 9.01. The van der Waals surface area contributed by atoms with Crippen LogP contribution in [-0.2, 0) is 10.2 Å². The molecule has 1 aliphatic heterocycles. The molecule has 1 heterocycles. The molecule has 2 aromatic carbocycles. The van der Waals surface area contributed by atoms with Crippen molar-refractivity contribution in [1.82, 2.24) is 0 Å². The number of ether oxygens (including phenoxy) is 1. The van der Waals surface area contributed by atoms with E-state index in [-0.39, 0.29) is 11.3 Å². The smallest absolute Gasteiger partial charge is 0.255 e. The lowest BCUT2D eigenvalue weighted by atomic mass is 9.86. The number of nitrogens with one attached hydrogen (secondary N) is 1. The number of fused-ring (bicyclic) bond motifs is 1. The molecule has 1 aliphatic rings. The van der Waals surface area contributed by atoms with Gasteiger partial charge in [-0.1, -0.05) is 13.8 Å². The van der Waals surface area contributed by atoms with E-state index in [2.05, 4.69) is 23.9 Å². The summed E-state index contributed by atoms with van der Waals surface area (Å²) in [5.41, 5.74) is 3.27. The summed E-state index contributed by atoms with van der Waals surface area (Å²) in [5.74, 6) is 0.912. The number of hydrogen-bond acceptors (Lipinski definition) is 4. The Morgan fingerprint density at radius 3 is 2.46 bits per heavy atom. The average molecular weight is 372 g/mol. The maximum absolute atomic E-state index is 12.4. The third-order valence-electron chi connectivity index (χ3n) is 4.15. The van der Waals surface area contributed by atoms with Crippen LogP contribution in [0.25, 0.3) is 0 Å². The van der Waals surface area contributed by atoms with E-state index in [4.69, 9.17) is 0 Å². The highest BCUT2D eigenvalue weighted by Gasteiger charge is 2.31. The number of methoxy groups -OCH3 is 1. The minimum Gasteiger partial charge on any atom is -0.385 e. The zero-order valence-electron chi connectivity index (χ0n) is 15.7. The highest BCUT2D eigenvalue weighted by Crippen LogP contribution is 2.43. The van der Waals surface area contributed by atoms with Crippen LogP contribution in [0.1, 0.15) is 47.1 Å². The Morgan fingerprint density at radius 1 is 1.23 bits per heavy atom. The largest absolute Gasteiger partial charge is 0.385 e. The van der Waals surface area contributed by atoms with Gasteiger partial charge >= 0.3 is 0 Å². The standard InChI is InChI=1S/C18H17NO2S.C3H8O/c1-18(2)11-22-16-8-5-13(9-15(16)18)17(21)19-14-6-3-12(10-20)4-7-14;1-3-4-2/h3-10H,11H2,1-2H3,(H,19,21);3H2,1-2H3. The fraction of sp³-hybridized carbons (Fsp3) is 0.333. The van der Waals surface area contributed by atoms with E-state index in [9.17, 15) is 9.59 Å². The Bertz CT molecular complexity index is 767. The number of carbonyl (C=O) groups excluding carboxylic acids is 2. The van der Waals surface area contributed by atoms with Gasteiger partial charge in [-0.3, -0.25) is 9.59 Å². The van der Waals surface area contributed by atoms with Crippen LogP contribution in [-0.4, -0.2) is 31.7 Å². The molecule has 138 valence electrons. The number of benzene rings is 2. The number of carbonyl (C=O) groups is 2. The maximum Gasteiger partial charge on any atom is 0.255 e. The van der Waals surface area contributed by atoms with Gasteiger partial charge in [0.2, 0.25) is 0 Å². The summed E-state index contributed by atoms with van der Waals surface area (Å²) in [7, 11) is 1.68. The van der Waals surface area contributed by atoms with E-state index in [0.29, 0.717) is 16.8 Å². The van der Waals surface area contributed by atoms with Crippen molar-refractivity contribution in [3.05, 3.63) is 59.2 Å². The van der Waals surface area contributed by atoms with Crippen LogP contribution >= 0.6 is 11.8 Å². The fourth-order valence-electron chi connectivity index (χ4n) is 2.51. The summed E-state index contributed by atoms with van der Waals surface area (Å²) in [4.78, 5) is 24.3. The van der Waals surface area contributed by atoms with E-state index in [1.807, 2.05) is 36.9 Å². The van der Waals surface area contributed by atoms with Crippen LogP contribution < -0.4 is 5.32 Å². The zero-order valence-corrected chi connectivity index (χ0v) is 16.5. The van der Waals surface area contributed by atoms with Crippen molar-refractivity contribution in [2.45, 2.75) is 31.1 Å². The second-order valence-electron chi connectivity index (χ2n) is 6.65. The Balaban J connectivity index is 0.000000552. The number of rotatable bonds is 4. The molecule has 0 bridgehead atoms. The van der Waals surface area contributed by atoms with Crippen molar-refractivity contribution in [1.29, 1.82) is 0 Å². The molecule has 0 atom stereocenters. The highest BCUT2D eigenvalue weighted by atomic mass is 32.2. The maximum atomic E-state index is 12.4. The van der Waals surface area contributed by atoms with Crippen molar-refractivity contribution >= 4 is 29.6 Å². The lowest BCUT2D eigenvalue weighted by Crippen LogP contribution is -2.18. The molecule has 4 nitrogen and oxygen atoms in total. The molecule has 0 spiro atoms. The molecule has 0 radical (unpaired) electrons. The first-order chi connectivity index (χ1) is 12.4. The van der Waals surface area contributed by atoms with Gasteiger partial charge in [0.05, 0.1) is 0 Å². The van der Waals surface area contributed by atoms with Gasteiger partial charge in [0, 0.05) is 46.6 Å². The molecule has 0 unspecified atom stereocenters. The van der Waals surface area contributed by atoms with Crippen molar-refractivity contribution in [2.75, 3.05) is 24.8 Å². The molecule has 0 fully saturated rings. The number of aldehydes is 1. The molecular weight excluding hydrogens is 346 g/mol. The number of amides is 1. The zero-order chi connectivity index (χ0) is 19.2. The molecule has 3 rings (SSSR count). The Hall–Kier alpha value is -2.11. The van der Waals surface area contributed by atoms with Crippen LogP contribution in [0.4, 0.5) is 5.69 Å². The van der Waals surface area contributed by atoms with E-state index < -0.39 is 0 Å². The van der Waals surface area contributed by atoms with Crippen LogP contribution in [0.2, 0.25) is 0 Å². The molecule has 0 saturated heterocycles. The first-order valence-electron chi connectivity index (χ1n) is 8.54. The second-order valence-corrected chi connectivity index (χ2v) is 7.67. The topological polar surface area (TPSA) is 55.4 Å². The van der Waals surface area contributed by atoms with E-state index in [0.717, 1.165) is 18.6 Å². The Kier molecular flexibility index (Phi) is 7.00. The summed E-state index contributed by atoms with van der Waals surface area (Å²) >= 11 is 1.84. The predicted molar refractivity (Wildman–Crippen MR) is 108 cm³/mol. The van der Waals surface area contributed by atoms with E-state index >= 15 is 0 Å². The first-order valence-corrected chi connectivity index (χ1v) is 9.52. The lowest BCUT2D eigenvalue weighted by Gasteiger charge is -2.18. The Morgan fingerprint density at radius 2 is 1.88 bits per heavy atom. The third kappa shape index (κ3) is 4.96. The van der Waals surface area contributed by atoms with Gasteiger partial charge in [0.25, 0.3) is 5.91 Å². The van der Waals surface area contributed by atoms with Crippen molar-refractivity contribution in [3.63, 3.8) is 0 Å². The monoisotopic (exact) mass is 371 g/mol. The molecule has 5 heteroatoms. The lowest BCUT2D eigenvalue weighted by molar-refractivity contribution is 0.102. The molecule has 26 heavy (non-hydrogen) atoms. The van der Waals surface area contributed by atoms with Gasteiger partial charge in [0.1, 0.15) is 6.29 Å². The summed E-state index contributed by atoms with van der Waals surface area (Å²) in [6, 6.07) is 12.7. The van der Waals surface area contributed by atoms with Crippen molar-refractivity contribution < 1.29 is 14.3 Å². The van der Waals surface area contributed by atoms with Crippen molar-refractivity contribution in [3.8, 4) is 0 Å². The van der Waals surface area contributed by atoms with Crippen LogP contribution in [0.5, 0.6) is 0 Å². The average Bonchev–Trinajstić information content (AvgIpc) is 2.97.